The van der Waals surface area contributed by atoms with Crippen molar-refractivity contribution in [3.63, 3.8) is 0 Å². The summed E-state index contributed by atoms with van der Waals surface area (Å²) in [6, 6.07) is 2.47. The number of nitrogens with one attached hydrogen (secondary N) is 1. The average Bonchev–Trinajstić information content (AvgIpc) is 2.72. The Balaban J connectivity index is 1.56. The molecule has 2 nitrogen and oxygen atoms in total. The van der Waals surface area contributed by atoms with Crippen LogP contribution in [0, 0.1) is 11.8 Å². The van der Waals surface area contributed by atoms with Gasteiger partial charge in [0.1, 0.15) is 0 Å². The minimum absolute atomic E-state index is 0.799. The number of hydrogen-bond acceptors (Lipinski definition) is 2. The summed E-state index contributed by atoms with van der Waals surface area (Å²) in [6.07, 6.45) is 9.98. The van der Waals surface area contributed by atoms with E-state index in [1.807, 2.05) is 0 Å². The summed E-state index contributed by atoms with van der Waals surface area (Å²) in [5.41, 5.74) is 0. The lowest BCUT2D eigenvalue weighted by Crippen LogP contribution is -2.49. The molecule has 3 fully saturated rings. The van der Waals surface area contributed by atoms with E-state index in [1.54, 1.807) is 0 Å². The first-order valence-electron chi connectivity index (χ1n) is 8.22. The lowest BCUT2D eigenvalue weighted by molar-refractivity contribution is 0.162. The first-order chi connectivity index (χ1) is 8.72. The topological polar surface area (TPSA) is 15.3 Å². The molecule has 0 amide bonds. The van der Waals surface area contributed by atoms with Crippen LogP contribution in [0.5, 0.6) is 0 Å². The Hall–Kier alpha value is -0.0800. The molecule has 0 aromatic carbocycles. The van der Waals surface area contributed by atoms with E-state index in [0.29, 0.717) is 0 Å². The summed E-state index contributed by atoms with van der Waals surface area (Å²) >= 11 is 0. The van der Waals surface area contributed by atoms with Gasteiger partial charge in [-0.05, 0) is 56.9 Å². The summed E-state index contributed by atoms with van der Waals surface area (Å²) in [6.45, 7) is 7.58. The molecule has 0 spiro atoms. The number of fused-ring (bicyclic) bond motifs is 1. The van der Waals surface area contributed by atoms with Gasteiger partial charge in [0.05, 0.1) is 0 Å². The molecule has 1 aliphatic carbocycles. The predicted molar refractivity (Wildman–Crippen MR) is 76.7 cm³/mol. The zero-order valence-electron chi connectivity index (χ0n) is 12.2. The van der Waals surface area contributed by atoms with E-state index >= 15 is 0 Å². The van der Waals surface area contributed by atoms with Gasteiger partial charge in [0.25, 0.3) is 0 Å². The minimum Gasteiger partial charge on any atom is -0.310 e. The third kappa shape index (κ3) is 2.75. The number of piperidine rings is 1. The van der Waals surface area contributed by atoms with Gasteiger partial charge in [-0.1, -0.05) is 20.3 Å². The lowest BCUT2D eigenvalue weighted by Gasteiger charge is -2.37. The highest BCUT2D eigenvalue weighted by molar-refractivity contribution is 4.96. The van der Waals surface area contributed by atoms with Crippen LogP contribution in [-0.4, -0.2) is 36.1 Å². The molecule has 3 rings (SSSR count). The lowest BCUT2D eigenvalue weighted by atomic mass is 9.80. The van der Waals surface area contributed by atoms with Crippen molar-refractivity contribution in [1.82, 2.24) is 10.2 Å². The van der Waals surface area contributed by atoms with E-state index in [-0.39, 0.29) is 0 Å². The Morgan fingerprint density at radius 3 is 2.44 bits per heavy atom. The highest BCUT2D eigenvalue weighted by Crippen LogP contribution is 2.32. The maximum absolute atomic E-state index is 4.04. The van der Waals surface area contributed by atoms with E-state index in [0.717, 1.165) is 30.0 Å². The monoisotopic (exact) mass is 250 g/mol. The van der Waals surface area contributed by atoms with Gasteiger partial charge in [-0.2, -0.15) is 0 Å². The van der Waals surface area contributed by atoms with Crippen molar-refractivity contribution in [2.75, 3.05) is 13.1 Å². The fourth-order valence-electron chi connectivity index (χ4n) is 4.83. The van der Waals surface area contributed by atoms with Crippen LogP contribution in [0.3, 0.4) is 0 Å². The molecule has 18 heavy (non-hydrogen) atoms. The quantitative estimate of drug-likeness (QED) is 0.810. The van der Waals surface area contributed by atoms with Crippen molar-refractivity contribution in [3.8, 4) is 0 Å². The highest BCUT2D eigenvalue weighted by Gasteiger charge is 2.37. The molecule has 1 saturated carbocycles. The van der Waals surface area contributed by atoms with Crippen LogP contribution in [0.2, 0.25) is 0 Å². The molecule has 0 bridgehead atoms. The van der Waals surface area contributed by atoms with Crippen LogP contribution in [0.15, 0.2) is 0 Å². The normalized spacial score (nSPS) is 46.0. The predicted octanol–water partition coefficient (Wildman–Crippen LogP) is 3.03. The van der Waals surface area contributed by atoms with E-state index in [2.05, 4.69) is 24.1 Å². The van der Waals surface area contributed by atoms with Gasteiger partial charge in [-0.15, -0.1) is 0 Å². The SMILES string of the molecule is CC1CC(C)CC(NC2CCN3CCCCC23)C1. The Morgan fingerprint density at radius 1 is 0.889 bits per heavy atom. The van der Waals surface area contributed by atoms with Crippen LogP contribution >= 0.6 is 0 Å². The minimum atomic E-state index is 0.799. The van der Waals surface area contributed by atoms with E-state index < -0.39 is 0 Å². The molecule has 104 valence electrons. The van der Waals surface area contributed by atoms with Gasteiger partial charge in [-0.25, -0.2) is 0 Å². The summed E-state index contributed by atoms with van der Waals surface area (Å²) < 4.78 is 0. The molecule has 4 atom stereocenters. The van der Waals surface area contributed by atoms with Crippen LogP contribution in [0.25, 0.3) is 0 Å². The zero-order valence-corrected chi connectivity index (χ0v) is 12.2. The first kappa shape index (κ1) is 12.9. The Bertz CT molecular complexity index is 268. The molecule has 1 N–H and O–H groups in total. The smallest absolute Gasteiger partial charge is 0.0249 e. The molecule has 2 heteroatoms. The van der Waals surface area contributed by atoms with Crippen LogP contribution in [-0.2, 0) is 0 Å². The molecule has 4 unspecified atom stereocenters. The zero-order chi connectivity index (χ0) is 12.5. The van der Waals surface area contributed by atoms with Crippen molar-refractivity contribution in [2.24, 2.45) is 11.8 Å². The van der Waals surface area contributed by atoms with E-state index in [4.69, 9.17) is 0 Å². The van der Waals surface area contributed by atoms with Crippen molar-refractivity contribution >= 4 is 0 Å². The third-order valence-electron chi connectivity index (χ3n) is 5.48. The second-order valence-electron chi connectivity index (χ2n) is 7.28. The summed E-state index contributed by atoms with van der Waals surface area (Å²) in [5.74, 6) is 1.85. The number of nitrogens with zero attached hydrogens (tertiary/aromatic N) is 1. The summed E-state index contributed by atoms with van der Waals surface area (Å²) in [7, 11) is 0. The van der Waals surface area contributed by atoms with Gasteiger partial charge in [0.15, 0.2) is 0 Å². The Labute approximate surface area is 113 Å². The van der Waals surface area contributed by atoms with Crippen molar-refractivity contribution < 1.29 is 0 Å². The fourth-order valence-corrected chi connectivity index (χ4v) is 4.83. The van der Waals surface area contributed by atoms with Crippen LogP contribution in [0.4, 0.5) is 0 Å². The fraction of sp³-hybridized carbons (Fsp3) is 1.00. The second kappa shape index (κ2) is 5.50. The Morgan fingerprint density at radius 2 is 1.67 bits per heavy atom. The van der Waals surface area contributed by atoms with Crippen LogP contribution in [0.1, 0.15) is 58.8 Å². The maximum atomic E-state index is 4.04. The van der Waals surface area contributed by atoms with Crippen LogP contribution < -0.4 is 5.32 Å². The van der Waals surface area contributed by atoms with Crippen molar-refractivity contribution in [2.45, 2.75) is 76.9 Å². The van der Waals surface area contributed by atoms with Crippen molar-refractivity contribution in [1.29, 1.82) is 0 Å². The summed E-state index contributed by atoms with van der Waals surface area (Å²) in [4.78, 5) is 2.75. The van der Waals surface area contributed by atoms with Gasteiger partial charge >= 0.3 is 0 Å². The van der Waals surface area contributed by atoms with Gasteiger partial charge in [0.2, 0.25) is 0 Å². The molecule has 2 heterocycles. The molecular weight excluding hydrogens is 220 g/mol. The van der Waals surface area contributed by atoms with Gasteiger partial charge in [-0.3, -0.25) is 4.90 Å². The van der Waals surface area contributed by atoms with Gasteiger partial charge in [0, 0.05) is 24.7 Å². The number of rotatable bonds is 2. The molecule has 0 radical (unpaired) electrons. The Kier molecular flexibility index (Phi) is 3.95. The average molecular weight is 250 g/mol. The molecule has 2 saturated heterocycles. The van der Waals surface area contributed by atoms with Crippen molar-refractivity contribution in [3.05, 3.63) is 0 Å². The molecule has 0 aromatic heterocycles. The molecule has 0 aromatic rings. The highest BCUT2D eigenvalue weighted by atomic mass is 15.2. The second-order valence-corrected chi connectivity index (χ2v) is 7.28. The largest absolute Gasteiger partial charge is 0.310 e. The first-order valence-corrected chi connectivity index (χ1v) is 8.22. The standard InChI is InChI=1S/C16H30N2/c1-12-9-13(2)11-14(10-12)17-15-6-8-18-7-4-3-5-16(15)18/h12-17H,3-11H2,1-2H3. The molecular formula is C16H30N2. The van der Waals surface area contributed by atoms with Gasteiger partial charge < -0.3 is 5.32 Å². The third-order valence-corrected chi connectivity index (χ3v) is 5.48. The van der Waals surface area contributed by atoms with E-state index in [1.165, 1.54) is 58.0 Å². The number of hydrogen-bond donors (Lipinski definition) is 1. The maximum Gasteiger partial charge on any atom is 0.0249 e. The molecule has 3 aliphatic rings. The summed E-state index contributed by atoms with van der Waals surface area (Å²) in [5, 5.41) is 4.04. The van der Waals surface area contributed by atoms with E-state index in [9.17, 15) is 0 Å². The molecule has 2 aliphatic heterocycles.